The smallest absolute Gasteiger partial charge is 0.273 e. The van der Waals surface area contributed by atoms with Crippen LogP contribution in [0.2, 0.25) is 0 Å². The number of piperidine rings is 1. The fourth-order valence-electron chi connectivity index (χ4n) is 5.74. The maximum atomic E-state index is 15.1. The Bertz CT molecular complexity index is 1460. The van der Waals surface area contributed by atoms with Crippen LogP contribution in [-0.4, -0.2) is 72.5 Å². The summed E-state index contributed by atoms with van der Waals surface area (Å²) >= 11 is 0. The van der Waals surface area contributed by atoms with E-state index in [1.165, 1.54) is 15.8 Å². The van der Waals surface area contributed by atoms with Crippen molar-refractivity contribution in [3.05, 3.63) is 102 Å². The van der Waals surface area contributed by atoms with E-state index >= 15 is 8.78 Å². The lowest BCUT2D eigenvalue weighted by Gasteiger charge is -2.32. The molecule has 0 saturated carbocycles. The van der Waals surface area contributed by atoms with E-state index in [9.17, 15) is 9.18 Å². The van der Waals surface area contributed by atoms with Gasteiger partial charge in [-0.2, -0.15) is 5.10 Å². The number of benzene rings is 1. The molecule has 3 aromatic heterocycles. The summed E-state index contributed by atoms with van der Waals surface area (Å²) in [6.45, 7) is 1.55. The van der Waals surface area contributed by atoms with Gasteiger partial charge < -0.3 is 4.90 Å². The lowest BCUT2D eigenvalue weighted by molar-refractivity contribution is -0.00244. The Morgan fingerprint density at radius 1 is 0.975 bits per heavy atom. The Balaban J connectivity index is 1.28. The van der Waals surface area contributed by atoms with Crippen molar-refractivity contribution in [1.82, 2.24) is 34.5 Å². The maximum Gasteiger partial charge on any atom is 0.273 e. The lowest BCUT2D eigenvalue weighted by Crippen LogP contribution is -2.35. The van der Waals surface area contributed by atoms with Gasteiger partial charge in [-0.3, -0.25) is 14.7 Å². The monoisotopic (exact) mass is 547 g/mol. The Hall–Kier alpha value is -4.12. The first-order valence-corrected chi connectivity index (χ1v) is 13.3. The van der Waals surface area contributed by atoms with Gasteiger partial charge in [0.05, 0.1) is 42.3 Å². The fourth-order valence-corrected chi connectivity index (χ4v) is 5.74. The number of hydrogen-bond donors (Lipinski definition) is 0. The molecule has 1 aromatic carbocycles. The predicted molar refractivity (Wildman–Crippen MR) is 141 cm³/mol. The molecule has 206 valence electrons. The van der Waals surface area contributed by atoms with Gasteiger partial charge in [0, 0.05) is 31.4 Å². The van der Waals surface area contributed by atoms with Crippen LogP contribution in [0.25, 0.3) is 5.95 Å². The number of likely N-dealkylation sites (tertiary alicyclic amines) is 2. The van der Waals surface area contributed by atoms with Gasteiger partial charge in [-0.05, 0) is 49.2 Å². The number of pyridine rings is 1. The van der Waals surface area contributed by atoms with Crippen molar-refractivity contribution in [1.29, 1.82) is 0 Å². The van der Waals surface area contributed by atoms with Crippen LogP contribution in [0.5, 0.6) is 0 Å². The third-order valence-corrected chi connectivity index (χ3v) is 7.77. The second kappa shape index (κ2) is 10.8. The zero-order chi connectivity index (χ0) is 27.7. The molecule has 0 N–H and O–H groups in total. The van der Waals surface area contributed by atoms with Crippen LogP contribution in [0.15, 0.2) is 73.4 Å². The summed E-state index contributed by atoms with van der Waals surface area (Å²) in [6.07, 6.45) is 8.47. The molecule has 11 heteroatoms. The van der Waals surface area contributed by atoms with Gasteiger partial charge in [0.15, 0.2) is 5.82 Å². The third-order valence-electron chi connectivity index (χ3n) is 7.77. The summed E-state index contributed by atoms with van der Waals surface area (Å²) in [7, 11) is 0. The molecule has 2 fully saturated rings. The first-order valence-electron chi connectivity index (χ1n) is 13.3. The summed E-state index contributed by atoms with van der Waals surface area (Å²) in [5.41, 5.74) is 2.49. The van der Waals surface area contributed by atoms with Gasteiger partial charge >= 0.3 is 0 Å². The Kier molecular flexibility index (Phi) is 7.05. The number of alkyl halides is 2. The van der Waals surface area contributed by atoms with Crippen molar-refractivity contribution in [2.24, 2.45) is 0 Å². The topological polar surface area (TPSA) is 80.0 Å². The zero-order valence-electron chi connectivity index (χ0n) is 21.7. The molecular formula is C29H28F3N7O. The number of halogens is 3. The number of nitrogens with zero attached hydrogens (tertiary/aromatic N) is 7. The maximum absolute atomic E-state index is 15.1. The molecule has 2 aliphatic rings. The van der Waals surface area contributed by atoms with Gasteiger partial charge in [-0.25, -0.2) is 27.8 Å². The van der Waals surface area contributed by atoms with Crippen molar-refractivity contribution in [2.45, 2.75) is 37.1 Å². The van der Waals surface area contributed by atoms with E-state index in [4.69, 9.17) is 0 Å². The Morgan fingerprint density at radius 2 is 1.68 bits per heavy atom. The van der Waals surface area contributed by atoms with Crippen molar-refractivity contribution < 1.29 is 18.0 Å². The number of amides is 1. The summed E-state index contributed by atoms with van der Waals surface area (Å²) in [6, 6.07) is 12.5. The number of hydrogen-bond acceptors (Lipinski definition) is 6. The van der Waals surface area contributed by atoms with E-state index in [0.717, 1.165) is 50.4 Å². The quantitative estimate of drug-likeness (QED) is 0.355. The highest BCUT2D eigenvalue weighted by Gasteiger charge is 2.50. The van der Waals surface area contributed by atoms with Gasteiger partial charge in [-0.1, -0.05) is 30.3 Å². The molecule has 1 amide bonds. The van der Waals surface area contributed by atoms with E-state index < -0.39 is 30.1 Å². The van der Waals surface area contributed by atoms with Crippen LogP contribution in [-0.2, 0) is 6.54 Å². The minimum absolute atomic E-state index is 0.0863. The number of carbonyl (C=O) groups excluding carboxylic acids is 1. The van der Waals surface area contributed by atoms with Crippen LogP contribution < -0.4 is 0 Å². The summed E-state index contributed by atoms with van der Waals surface area (Å²) in [4.78, 5) is 29.6. The number of carbonyl (C=O) groups is 1. The highest BCUT2D eigenvalue weighted by atomic mass is 19.3. The van der Waals surface area contributed by atoms with Gasteiger partial charge in [-0.15, -0.1) is 0 Å². The van der Waals surface area contributed by atoms with Crippen LogP contribution in [0.4, 0.5) is 13.2 Å². The minimum atomic E-state index is -3.06. The molecule has 6 rings (SSSR count). The molecule has 4 aromatic rings. The van der Waals surface area contributed by atoms with Crippen LogP contribution in [0.3, 0.4) is 0 Å². The summed E-state index contributed by atoms with van der Waals surface area (Å²) in [5.74, 6) is -5.20. The van der Waals surface area contributed by atoms with Crippen molar-refractivity contribution >= 4 is 5.91 Å². The van der Waals surface area contributed by atoms with E-state index in [1.54, 1.807) is 42.7 Å². The number of rotatable bonds is 6. The van der Waals surface area contributed by atoms with Crippen molar-refractivity contribution in [2.75, 3.05) is 26.2 Å². The Morgan fingerprint density at radius 3 is 2.38 bits per heavy atom. The highest BCUT2D eigenvalue weighted by Crippen LogP contribution is 2.41. The average Bonchev–Trinajstić information content (AvgIpc) is 3.55. The third kappa shape index (κ3) is 5.21. The van der Waals surface area contributed by atoms with E-state index in [1.807, 2.05) is 12.1 Å². The van der Waals surface area contributed by atoms with E-state index in [2.05, 4.69) is 25.0 Å². The predicted octanol–water partition coefficient (Wildman–Crippen LogP) is 4.45. The van der Waals surface area contributed by atoms with Crippen LogP contribution >= 0.6 is 0 Å². The van der Waals surface area contributed by atoms with Crippen molar-refractivity contribution in [3.63, 3.8) is 0 Å². The zero-order valence-corrected chi connectivity index (χ0v) is 21.7. The lowest BCUT2D eigenvalue weighted by atomic mass is 9.90. The molecule has 0 aliphatic carbocycles. The molecule has 1 unspecified atom stereocenters. The van der Waals surface area contributed by atoms with Crippen LogP contribution in [0.1, 0.15) is 51.9 Å². The molecule has 40 heavy (non-hydrogen) atoms. The first-order chi connectivity index (χ1) is 19.4. The molecular weight excluding hydrogens is 519 g/mol. The molecule has 0 spiro atoms. The molecule has 5 heterocycles. The highest BCUT2D eigenvalue weighted by molar-refractivity contribution is 5.96. The van der Waals surface area contributed by atoms with Gasteiger partial charge in [0.1, 0.15) is 0 Å². The largest absolute Gasteiger partial charge is 0.332 e. The minimum Gasteiger partial charge on any atom is -0.332 e. The molecule has 2 aliphatic heterocycles. The van der Waals surface area contributed by atoms with E-state index in [0.29, 0.717) is 11.3 Å². The average molecular weight is 548 g/mol. The second-order valence-corrected chi connectivity index (χ2v) is 10.4. The summed E-state index contributed by atoms with van der Waals surface area (Å²) in [5, 5.41) is 4.40. The second-order valence-electron chi connectivity index (χ2n) is 10.4. The standard InChI is InChI=1S/C29H28F3N7O/c30-23-14-34-28(35-15-23)39-26(22-8-12-37(13-9-22)17-20-6-10-33-11-7-20)24(16-36-39)27(40)38-18-25(29(31,32)19-38)21-4-2-1-3-5-21/h1-7,10-11,14-16,22,25H,8-9,12-13,17-19H2. The van der Waals surface area contributed by atoms with Gasteiger partial charge in [0.25, 0.3) is 17.8 Å². The fraction of sp³-hybridized carbons (Fsp3) is 0.345. The van der Waals surface area contributed by atoms with Crippen molar-refractivity contribution in [3.8, 4) is 5.95 Å². The molecule has 1 atom stereocenters. The van der Waals surface area contributed by atoms with E-state index in [-0.39, 0.29) is 24.0 Å². The molecule has 8 nitrogen and oxygen atoms in total. The Labute approximate surface area is 229 Å². The summed E-state index contributed by atoms with van der Waals surface area (Å²) < 4.78 is 45.3. The molecule has 0 bridgehead atoms. The van der Waals surface area contributed by atoms with Crippen LogP contribution in [0, 0.1) is 5.82 Å². The molecule has 0 radical (unpaired) electrons. The first kappa shape index (κ1) is 26.1. The SMILES string of the molecule is O=C(c1cnn(-c2ncc(F)cn2)c1C1CCN(Cc2ccncc2)CC1)N1CC(c2ccccc2)C(F)(F)C1. The normalized spacial score (nSPS) is 19.7. The molecule has 2 saturated heterocycles. The number of aromatic nitrogens is 5. The van der Waals surface area contributed by atoms with Gasteiger partial charge in [0.2, 0.25) is 0 Å².